The van der Waals surface area contributed by atoms with E-state index in [1.165, 1.54) is 0 Å². The Hall–Kier alpha value is -1.86. The van der Waals surface area contributed by atoms with Crippen LogP contribution < -0.4 is 4.74 Å². The highest BCUT2D eigenvalue weighted by Crippen LogP contribution is 2.34. The van der Waals surface area contributed by atoms with Crippen LogP contribution >= 0.6 is 0 Å². The van der Waals surface area contributed by atoms with Crippen molar-refractivity contribution in [2.45, 2.75) is 11.2 Å². The summed E-state index contributed by atoms with van der Waals surface area (Å²) in [5, 5.41) is 0. The van der Waals surface area contributed by atoms with Gasteiger partial charge in [-0.15, -0.1) is 0 Å². The van der Waals surface area contributed by atoms with Crippen LogP contribution in [0.2, 0.25) is 0 Å². The van der Waals surface area contributed by atoms with Crippen molar-refractivity contribution < 1.29 is 53.2 Å². The van der Waals surface area contributed by atoms with Gasteiger partial charge in [-0.05, 0) is 0 Å². The summed E-state index contributed by atoms with van der Waals surface area (Å²) < 4.78 is 129. The summed E-state index contributed by atoms with van der Waals surface area (Å²) >= 11 is 0. The van der Waals surface area contributed by atoms with Crippen molar-refractivity contribution in [3.8, 4) is 5.75 Å². The molecular formula is C10H5F7O5S. The van der Waals surface area contributed by atoms with Gasteiger partial charge in [-0.3, -0.25) is 4.55 Å². The number of hydrogen-bond acceptors (Lipinski definition) is 4. The number of hydrogen-bond donors (Lipinski definition) is 1. The molecule has 0 saturated carbocycles. The zero-order valence-corrected chi connectivity index (χ0v) is 11.5. The standard InChI is InChI=1S/C10H5F7O5S/c1-21-10(6(15)9(16)17)22-7-2(11)4(13)8(23(18,19)20)5(14)3(7)12/h10H,1H3,(H,18,19,20). The molecule has 5 nitrogen and oxygen atoms in total. The maximum atomic E-state index is 13.5. The molecule has 13 heteroatoms. The minimum atomic E-state index is -5.71. The van der Waals surface area contributed by atoms with Gasteiger partial charge >= 0.3 is 16.2 Å². The molecule has 0 spiro atoms. The van der Waals surface area contributed by atoms with E-state index in [1.807, 2.05) is 0 Å². The van der Waals surface area contributed by atoms with Gasteiger partial charge in [0, 0.05) is 7.11 Å². The molecular weight excluding hydrogens is 365 g/mol. The van der Waals surface area contributed by atoms with Crippen LogP contribution in [0.15, 0.2) is 16.8 Å². The second-order valence-corrected chi connectivity index (χ2v) is 5.04. The van der Waals surface area contributed by atoms with Gasteiger partial charge in [0.2, 0.25) is 23.2 Å². The van der Waals surface area contributed by atoms with E-state index in [4.69, 9.17) is 4.55 Å². The molecule has 1 unspecified atom stereocenters. The Kier molecular flexibility index (Phi) is 5.60. The second-order valence-electron chi connectivity index (χ2n) is 3.68. The molecule has 1 aromatic carbocycles. The van der Waals surface area contributed by atoms with Gasteiger partial charge in [-0.25, -0.2) is 8.78 Å². The first-order valence-electron chi connectivity index (χ1n) is 5.17. The summed E-state index contributed by atoms with van der Waals surface area (Å²) in [4.78, 5) is -2.37. The van der Waals surface area contributed by atoms with Crippen LogP contribution in [0.25, 0.3) is 0 Å². The second kappa shape index (κ2) is 6.72. The fraction of sp³-hybridized carbons (Fsp3) is 0.200. The van der Waals surface area contributed by atoms with Crippen LogP contribution in [0.3, 0.4) is 0 Å². The molecule has 0 heterocycles. The Morgan fingerprint density at radius 2 is 1.43 bits per heavy atom. The summed E-state index contributed by atoms with van der Waals surface area (Å²) in [6.07, 6.45) is -5.78. The topological polar surface area (TPSA) is 72.8 Å². The maximum absolute atomic E-state index is 13.5. The molecule has 0 aliphatic heterocycles. The molecule has 0 fully saturated rings. The molecule has 0 amide bonds. The molecule has 1 rings (SSSR count). The van der Waals surface area contributed by atoms with Gasteiger partial charge in [0.1, 0.15) is 0 Å². The van der Waals surface area contributed by atoms with Crippen molar-refractivity contribution in [2.75, 3.05) is 7.11 Å². The van der Waals surface area contributed by atoms with Crippen molar-refractivity contribution in [1.82, 2.24) is 0 Å². The minimum absolute atomic E-state index is 0.558. The number of rotatable bonds is 5. The highest BCUT2D eigenvalue weighted by Gasteiger charge is 2.35. The van der Waals surface area contributed by atoms with Crippen LogP contribution in [0, 0.1) is 23.3 Å². The lowest BCUT2D eigenvalue weighted by atomic mass is 10.3. The summed E-state index contributed by atoms with van der Waals surface area (Å²) in [5.41, 5.74) is 0. The largest absolute Gasteiger partial charge is 0.451 e. The summed E-state index contributed by atoms with van der Waals surface area (Å²) in [5.74, 6) is -14.8. The molecule has 0 aliphatic carbocycles. The van der Waals surface area contributed by atoms with E-state index in [9.17, 15) is 39.2 Å². The van der Waals surface area contributed by atoms with Crippen molar-refractivity contribution in [2.24, 2.45) is 0 Å². The van der Waals surface area contributed by atoms with Crippen LogP contribution in [0.1, 0.15) is 0 Å². The third kappa shape index (κ3) is 3.73. The average Bonchev–Trinajstić information content (AvgIpc) is 2.43. The fourth-order valence-corrected chi connectivity index (χ4v) is 1.95. The lowest BCUT2D eigenvalue weighted by Crippen LogP contribution is -2.23. The van der Waals surface area contributed by atoms with Crippen LogP contribution in [0.4, 0.5) is 30.7 Å². The van der Waals surface area contributed by atoms with Gasteiger partial charge in [0.15, 0.2) is 16.5 Å². The minimum Gasteiger partial charge on any atom is -0.451 e. The summed E-state index contributed by atoms with van der Waals surface area (Å²) in [6.45, 7) is 0. The lowest BCUT2D eigenvalue weighted by Gasteiger charge is -2.17. The summed E-state index contributed by atoms with van der Waals surface area (Å²) in [6, 6.07) is 0. The Labute approximate surface area is 123 Å². The van der Waals surface area contributed by atoms with E-state index < -0.39 is 62.2 Å². The highest BCUT2D eigenvalue weighted by molar-refractivity contribution is 7.85. The molecule has 0 radical (unpaired) electrons. The van der Waals surface area contributed by atoms with Gasteiger partial charge in [-0.1, -0.05) is 0 Å². The normalized spacial score (nSPS) is 12.9. The molecule has 0 bridgehead atoms. The van der Waals surface area contributed by atoms with E-state index in [2.05, 4.69) is 9.47 Å². The number of halogens is 7. The molecule has 0 aromatic heterocycles. The molecule has 1 aromatic rings. The van der Waals surface area contributed by atoms with Crippen molar-refractivity contribution >= 4 is 10.1 Å². The number of ether oxygens (including phenoxy) is 2. The third-order valence-corrected chi connectivity index (χ3v) is 3.14. The molecule has 23 heavy (non-hydrogen) atoms. The van der Waals surface area contributed by atoms with Gasteiger partial charge in [0.25, 0.3) is 6.29 Å². The molecule has 1 N–H and O–H groups in total. The zero-order chi connectivity index (χ0) is 18.1. The van der Waals surface area contributed by atoms with Crippen molar-refractivity contribution in [3.63, 3.8) is 0 Å². The zero-order valence-electron chi connectivity index (χ0n) is 10.7. The number of methoxy groups -OCH3 is 1. The van der Waals surface area contributed by atoms with E-state index in [0.29, 0.717) is 7.11 Å². The summed E-state index contributed by atoms with van der Waals surface area (Å²) in [7, 11) is -5.15. The third-order valence-electron chi connectivity index (χ3n) is 2.27. The Bertz CT molecular complexity index is 728. The molecule has 130 valence electrons. The molecule has 1 atom stereocenters. The monoisotopic (exact) mass is 370 g/mol. The lowest BCUT2D eigenvalue weighted by molar-refractivity contribution is -0.0482. The van der Waals surface area contributed by atoms with E-state index in [0.717, 1.165) is 0 Å². The Balaban J connectivity index is 3.55. The Morgan fingerprint density at radius 3 is 1.74 bits per heavy atom. The van der Waals surface area contributed by atoms with Gasteiger partial charge < -0.3 is 9.47 Å². The van der Waals surface area contributed by atoms with E-state index in [-0.39, 0.29) is 0 Å². The highest BCUT2D eigenvalue weighted by atomic mass is 32.2. The SMILES string of the molecule is COC(Oc1c(F)c(F)c(S(=O)(=O)O)c(F)c1F)C(F)=C(F)F. The predicted octanol–water partition coefficient (Wildman–Crippen LogP) is 2.92. The van der Waals surface area contributed by atoms with Crippen LogP contribution in [-0.4, -0.2) is 26.4 Å². The van der Waals surface area contributed by atoms with Crippen molar-refractivity contribution in [1.29, 1.82) is 0 Å². The van der Waals surface area contributed by atoms with E-state index >= 15 is 0 Å². The van der Waals surface area contributed by atoms with Crippen molar-refractivity contribution in [3.05, 3.63) is 35.2 Å². The smallest absolute Gasteiger partial charge is 0.308 e. The maximum Gasteiger partial charge on any atom is 0.308 e. The molecule has 0 aliphatic rings. The first kappa shape index (κ1) is 19.2. The van der Waals surface area contributed by atoms with Gasteiger partial charge in [-0.2, -0.15) is 30.4 Å². The van der Waals surface area contributed by atoms with E-state index in [1.54, 1.807) is 0 Å². The average molecular weight is 370 g/mol. The quantitative estimate of drug-likeness (QED) is 0.374. The van der Waals surface area contributed by atoms with Crippen LogP contribution in [0.5, 0.6) is 5.75 Å². The predicted molar refractivity (Wildman–Crippen MR) is 57.9 cm³/mol. The first-order chi connectivity index (χ1) is 10.4. The van der Waals surface area contributed by atoms with Crippen LogP contribution in [-0.2, 0) is 14.9 Å². The van der Waals surface area contributed by atoms with Gasteiger partial charge in [0.05, 0.1) is 0 Å². The number of benzene rings is 1. The first-order valence-corrected chi connectivity index (χ1v) is 6.61. The Morgan fingerprint density at radius 1 is 1.00 bits per heavy atom. The molecule has 0 saturated heterocycles. The fourth-order valence-electron chi connectivity index (χ4n) is 1.32.